The molecule has 0 saturated heterocycles. The molecule has 0 aliphatic carbocycles. The maximum Gasteiger partial charge on any atom is 0.216 e. The van der Waals surface area contributed by atoms with Gasteiger partial charge in [-0.25, -0.2) is 0 Å². The Labute approximate surface area is 231 Å². The Morgan fingerprint density at radius 3 is 2.23 bits per heavy atom. The van der Waals surface area contributed by atoms with E-state index in [2.05, 4.69) is 139 Å². The van der Waals surface area contributed by atoms with Crippen LogP contribution < -0.4 is 4.57 Å². The Hall–Kier alpha value is -3.98. The second kappa shape index (κ2) is 8.77. The van der Waals surface area contributed by atoms with Gasteiger partial charge in [0, 0.05) is 45.0 Å². The van der Waals surface area contributed by atoms with Gasteiger partial charge in [-0.3, -0.25) is 4.98 Å². The number of benzene rings is 3. The van der Waals surface area contributed by atoms with Crippen molar-refractivity contribution in [2.75, 3.05) is 0 Å². The Bertz CT molecular complexity index is 1860. The summed E-state index contributed by atoms with van der Waals surface area (Å²) in [7, 11) is 2.14. The predicted octanol–water partition coefficient (Wildman–Crippen LogP) is 9.20. The molecule has 0 spiro atoms. The van der Waals surface area contributed by atoms with Crippen LogP contribution in [-0.2, 0) is 17.9 Å². The highest BCUT2D eigenvalue weighted by Gasteiger charge is 2.24. The van der Waals surface area contributed by atoms with Crippen molar-refractivity contribution in [3.05, 3.63) is 95.7 Å². The average molecular weight is 514 g/mol. The van der Waals surface area contributed by atoms with Crippen molar-refractivity contribution in [1.29, 1.82) is 0 Å². The van der Waals surface area contributed by atoms with Crippen molar-refractivity contribution in [2.24, 2.45) is 7.05 Å². The van der Waals surface area contributed by atoms with Gasteiger partial charge < -0.3 is 4.42 Å². The first-order chi connectivity index (χ1) is 18.4. The van der Waals surface area contributed by atoms with Crippen LogP contribution in [0.2, 0.25) is 0 Å². The molecule has 3 aromatic heterocycles. The van der Waals surface area contributed by atoms with Crippen LogP contribution in [0.5, 0.6) is 0 Å². The number of furan rings is 1. The van der Waals surface area contributed by atoms with Gasteiger partial charge in [0.15, 0.2) is 0 Å². The SMILES string of the molecule is Cc1ccc2c(oc3cc(-c4cc(C(C)(C)C)cc(C(C)(C)C)n4)ccc32)c1-c1ccc2ccccc2[n+]1C. The van der Waals surface area contributed by atoms with E-state index < -0.39 is 0 Å². The second-order valence-corrected chi connectivity index (χ2v) is 12.9. The molecule has 3 heterocycles. The van der Waals surface area contributed by atoms with Gasteiger partial charge >= 0.3 is 0 Å². The van der Waals surface area contributed by atoms with Crippen LogP contribution in [0.15, 0.2) is 83.3 Å². The molecule has 0 radical (unpaired) electrons. The highest BCUT2D eigenvalue weighted by Crippen LogP contribution is 2.39. The molecule has 0 fully saturated rings. The highest BCUT2D eigenvalue weighted by atomic mass is 16.3. The second-order valence-electron chi connectivity index (χ2n) is 12.9. The summed E-state index contributed by atoms with van der Waals surface area (Å²) in [6.45, 7) is 15.6. The number of hydrogen-bond donors (Lipinski definition) is 0. The fourth-order valence-corrected chi connectivity index (χ4v) is 5.51. The summed E-state index contributed by atoms with van der Waals surface area (Å²) in [6, 6.07) is 28.4. The molecule has 0 atom stereocenters. The normalized spacial score (nSPS) is 12.6. The first kappa shape index (κ1) is 25.3. The number of aryl methyl sites for hydroxylation is 2. The number of nitrogens with zero attached hydrogens (tertiary/aromatic N) is 2. The molecule has 0 N–H and O–H groups in total. The minimum absolute atomic E-state index is 0.0307. The van der Waals surface area contributed by atoms with E-state index in [1.165, 1.54) is 22.0 Å². The molecule has 0 unspecified atom stereocenters. The number of para-hydroxylation sites is 1. The molecule has 0 bridgehead atoms. The van der Waals surface area contributed by atoms with E-state index >= 15 is 0 Å². The van der Waals surface area contributed by atoms with Crippen molar-refractivity contribution in [2.45, 2.75) is 59.3 Å². The molecule has 0 saturated carbocycles. The third-order valence-electron chi connectivity index (χ3n) is 7.94. The lowest BCUT2D eigenvalue weighted by Crippen LogP contribution is -2.32. The third-order valence-corrected chi connectivity index (χ3v) is 7.94. The number of rotatable bonds is 2. The Morgan fingerprint density at radius 1 is 0.744 bits per heavy atom. The summed E-state index contributed by atoms with van der Waals surface area (Å²) in [5.74, 6) is 0. The molecule has 6 rings (SSSR count). The van der Waals surface area contributed by atoms with Crippen LogP contribution in [-0.4, -0.2) is 4.98 Å². The zero-order valence-corrected chi connectivity index (χ0v) is 24.3. The molecule has 39 heavy (non-hydrogen) atoms. The lowest BCUT2D eigenvalue weighted by molar-refractivity contribution is -0.633. The monoisotopic (exact) mass is 513 g/mol. The first-order valence-electron chi connectivity index (χ1n) is 13.8. The predicted molar refractivity (Wildman–Crippen MR) is 163 cm³/mol. The van der Waals surface area contributed by atoms with E-state index in [9.17, 15) is 0 Å². The van der Waals surface area contributed by atoms with Crippen molar-refractivity contribution in [3.8, 4) is 22.5 Å². The minimum atomic E-state index is -0.0404. The number of hydrogen-bond acceptors (Lipinski definition) is 2. The van der Waals surface area contributed by atoms with Crippen molar-refractivity contribution in [3.63, 3.8) is 0 Å². The van der Waals surface area contributed by atoms with E-state index in [4.69, 9.17) is 9.40 Å². The van der Waals surface area contributed by atoms with Gasteiger partial charge in [0.05, 0.1) is 11.3 Å². The zero-order chi connectivity index (χ0) is 27.7. The van der Waals surface area contributed by atoms with Crippen LogP contribution in [0.4, 0.5) is 0 Å². The quantitative estimate of drug-likeness (QED) is 0.216. The summed E-state index contributed by atoms with van der Waals surface area (Å²) in [4.78, 5) is 5.12. The van der Waals surface area contributed by atoms with Gasteiger partial charge in [-0.15, -0.1) is 0 Å². The van der Waals surface area contributed by atoms with Gasteiger partial charge in [0.2, 0.25) is 11.2 Å². The Kier molecular flexibility index (Phi) is 5.69. The molecule has 3 heteroatoms. The molecular formula is C36H37N2O+. The maximum absolute atomic E-state index is 6.70. The maximum atomic E-state index is 6.70. The van der Waals surface area contributed by atoms with E-state index in [0.29, 0.717) is 0 Å². The molecule has 3 nitrogen and oxygen atoms in total. The van der Waals surface area contributed by atoms with E-state index in [1.807, 2.05) is 0 Å². The molecule has 3 aromatic carbocycles. The molecule has 0 amide bonds. The molecule has 0 aliphatic heterocycles. The summed E-state index contributed by atoms with van der Waals surface area (Å²) in [6.07, 6.45) is 0. The van der Waals surface area contributed by atoms with Crippen molar-refractivity contribution >= 4 is 32.8 Å². The van der Waals surface area contributed by atoms with Crippen molar-refractivity contribution < 1.29 is 8.98 Å². The van der Waals surface area contributed by atoms with Crippen LogP contribution in [0.3, 0.4) is 0 Å². The summed E-state index contributed by atoms with van der Waals surface area (Å²) in [5, 5.41) is 3.49. The lowest BCUT2D eigenvalue weighted by Gasteiger charge is -2.25. The smallest absolute Gasteiger partial charge is 0.216 e. The van der Waals surface area contributed by atoms with Crippen molar-refractivity contribution in [1.82, 2.24) is 4.98 Å². The third kappa shape index (κ3) is 4.30. The fraction of sp³-hybridized carbons (Fsp3) is 0.278. The lowest BCUT2D eigenvalue weighted by atomic mass is 9.82. The van der Waals surface area contributed by atoms with Crippen LogP contribution in [0.25, 0.3) is 55.4 Å². The highest BCUT2D eigenvalue weighted by molar-refractivity contribution is 6.10. The Morgan fingerprint density at radius 2 is 1.49 bits per heavy atom. The van der Waals surface area contributed by atoms with Gasteiger partial charge in [0.1, 0.15) is 18.2 Å². The number of pyridine rings is 2. The van der Waals surface area contributed by atoms with E-state index in [-0.39, 0.29) is 10.8 Å². The van der Waals surface area contributed by atoms with E-state index in [0.717, 1.165) is 50.1 Å². The molecule has 196 valence electrons. The number of fused-ring (bicyclic) bond motifs is 4. The van der Waals surface area contributed by atoms with Crippen LogP contribution in [0.1, 0.15) is 58.4 Å². The van der Waals surface area contributed by atoms with Crippen LogP contribution in [0, 0.1) is 6.92 Å². The van der Waals surface area contributed by atoms with Gasteiger partial charge in [-0.2, -0.15) is 4.57 Å². The van der Waals surface area contributed by atoms with Gasteiger partial charge in [-0.05, 0) is 59.9 Å². The summed E-state index contributed by atoms with van der Waals surface area (Å²) < 4.78 is 8.97. The van der Waals surface area contributed by atoms with E-state index in [1.54, 1.807) is 0 Å². The standard InChI is InChI=1S/C36H37N2O/c1-22-13-16-27-26-17-14-24(28-20-25(35(2,3)4)21-32(37-28)36(5,6)7)19-31(26)39-34(27)33(22)30-18-15-23-11-9-10-12-29(23)38(30)8/h9-21H,1-8H3/q+1. The zero-order valence-electron chi connectivity index (χ0n) is 24.3. The molecular weight excluding hydrogens is 476 g/mol. The topological polar surface area (TPSA) is 29.9 Å². The fourth-order valence-electron chi connectivity index (χ4n) is 5.51. The number of aromatic nitrogens is 2. The average Bonchev–Trinajstić information content (AvgIpc) is 3.26. The summed E-state index contributed by atoms with van der Waals surface area (Å²) >= 11 is 0. The minimum Gasteiger partial charge on any atom is -0.455 e. The first-order valence-corrected chi connectivity index (χ1v) is 13.8. The summed E-state index contributed by atoms with van der Waals surface area (Å²) in [5.41, 5.74) is 11.0. The molecule has 0 aliphatic rings. The molecule has 6 aromatic rings. The largest absolute Gasteiger partial charge is 0.455 e. The van der Waals surface area contributed by atoms with Crippen LogP contribution >= 0.6 is 0 Å². The van der Waals surface area contributed by atoms with Gasteiger partial charge in [0.25, 0.3) is 0 Å². The van der Waals surface area contributed by atoms with Gasteiger partial charge in [-0.1, -0.05) is 71.9 Å². The Balaban J connectivity index is 1.57.